The number of benzene rings is 1. The Balaban J connectivity index is 2.12. The van der Waals surface area contributed by atoms with Crippen molar-refractivity contribution in [2.45, 2.75) is 24.7 Å². The lowest BCUT2D eigenvalue weighted by Crippen LogP contribution is -2.46. The molecule has 3 aliphatic rings. The van der Waals surface area contributed by atoms with Crippen LogP contribution in [0.3, 0.4) is 0 Å². The quantitative estimate of drug-likeness (QED) is 0.826. The fraction of sp³-hybridized carbons (Fsp3) is 0.250. The second-order valence-electron chi connectivity index (χ2n) is 6.50. The number of ether oxygens (including phenoxy) is 1. The fourth-order valence-electron chi connectivity index (χ4n) is 4.25. The number of nitriles is 1. The number of Topliss-reactive ketones (excluding diaryl/α,β-unsaturated/α-hetero) is 1. The largest absolute Gasteiger partial charge is 0.440 e. The molecule has 0 aromatic heterocycles. The average molecular weight is 347 g/mol. The van der Waals surface area contributed by atoms with Gasteiger partial charge in [0.25, 0.3) is 0 Å². The second-order valence-corrected chi connectivity index (χ2v) is 6.50. The molecule has 0 bridgehead atoms. The van der Waals surface area contributed by atoms with Gasteiger partial charge in [0.1, 0.15) is 22.8 Å². The number of para-hydroxylation sites is 1. The highest BCUT2D eigenvalue weighted by molar-refractivity contribution is 6.15. The summed E-state index contributed by atoms with van der Waals surface area (Å²) in [7, 11) is 0. The van der Waals surface area contributed by atoms with Crippen molar-refractivity contribution in [3.63, 3.8) is 0 Å². The molecule has 2 aliphatic heterocycles. The molecule has 4 rings (SSSR count). The lowest BCUT2D eigenvalue weighted by atomic mass is 9.65. The maximum absolute atomic E-state index is 13.6. The zero-order valence-corrected chi connectivity index (χ0v) is 14.1. The van der Waals surface area contributed by atoms with Gasteiger partial charge in [-0.15, -0.1) is 6.58 Å². The summed E-state index contributed by atoms with van der Waals surface area (Å²) < 4.78 is 5.59. The number of carbonyl (C=O) groups is 2. The summed E-state index contributed by atoms with van der Waals surface area (Å²) in [6, 6.07) is 8.98. The summed E-state index contributed by atoms with van der Waals surface area (Å²) in [5, 5.41) is 9.83. The standard InChI is InChI=1S/C20H17N3O3/c1-2-10-23-14-7-5-8-15(24)17(14)20(19(23)25)12-6-3-4-9-16(12)26-18(22)13(20)11-21/h2-4,6,9H,1,5,7-8,10,22H2/t20-/m0/s1. The molecule has 0 radical (unpaired) electrons. The van der Waals surface area contributed by atoms with E-state index in [4.69, 9.17) is 10.5 Å². The maximum Gasteiger partial charge on any atom is 0.247 e. The highest BCUT2D eigenvalue weighted by Crippen LogP contribution is 2.55. The molecule has 0 fully saturated rings. The third-order valence-electron chi connectivity index (χ3n) is 5.21. The molecule has 130 valence electrons. The zero-order chi connectivity index (χ0) is 18.5. The van der Waals surface area contributed by atoms with Crippen LogP contribution in [0.5, 0.6) is 5.75 Å². The first-order chi connectivity index (χ1) is 12.6. The fourth-order valence-corrected chi connectivity index (χ4v) is 4.25. The van der Waals surface area contributed by atoms with Gasteiger partial charge in [-0.3, -0.25) is 9.59 Å². The third-order valence-corrected chi connectivity index (χ3v) is 5.21. The van der Waals surface area contributed by atoms with Crippen molar-refractivity contribution in [2.75, 3.05) is 6.54 Å². The van der Waals surface area contributed by atoms with Crippen LogP contribution in [0, 0.1) is 11.3 Å². The summed E-state index contributed by atoms with van der Waals surface area (Å²) in [6.07, 6.45) is 3.24. The van der Waals surface area contributed by atoms with Crippen LogP contribution >= 0.6 is 0 Å². The molecule has 1 spiro atoms. The highest BCUT2D eigenvalue weighted by atomic mass is 16.5. The number of amides is 1. The Morgan fingerprint density at radius 1 is 1.35 bits per heavy atom. The third kappa shape index (κ3) is 1.80. The summed E-state index contributed by atoms with van der Waals surface area (Å²) in [6.45, 7) is 3.99. The van der Waals surface area contributed by atoms with E-state index in [1.165, 1.54) is 0 Å². The van der Waals surface area contributed by atoms with Crippen molar-refractivity contribution in [2.24, 2.45) is 5.73 Å². The van der Waals surface area contributed by atoms with E-state index < -0.39 is 5.41 Å². The Morgan fingerprint density at radius 3 is 2.85 bits per heavy atom. The summed E-state index contributed by atoms with van der Waals surface area (Å²) in [5.74, 6) is -0.204. The maximum atomic E-state index is 13.6. The summed E-state index contributed by atoms with van der Waals surface area (Å²) in [4.78, 5) is 28.2. The molecule has 0 saturated heterocycles. The lowest BCUT2D eigenvalue weighted by molar-refractivity contribution is -0.131. The molecule has 2 heterocycles. The van der Waals surface area contributed by atoms with E-state index in [0.29, 0.717) is 41.8 Å². The molecule has 1 aliphatic carbocycles. The van der Waals surface area contributed by atoms with E-state index in [1.54, 1.807) is 35.2 Å². The van der Waals surface area contributed by atoms with Gasteiger partial charge in [-0.1, -0.05) is 24.3 Å². The molecule has 26 heavy (non-hydrogen) atoms. The molecular formula is C20H17N3O3. The van der Waals surface area contributed by atoms with Crippen molar-refractivity contribution < 1.29 is 14.3 Å². The predicted molar refractivity (Wildman–Crippen MR) is 93.4 cm³/mol. The van der Waals surface area contributed by atoms with Crippen LogP contribution in [0.25, 0.3) is 0 Å². The monoisotopic (exact) mass is 347 g/mol. The molecular weight excluding hydrogens is 330 g/mol. The van der Waals surface area contributed by atoms with Gasteiger partial charge in [0.2, 0.25) is 11.8 Å². The first-order valence-corrected chi connectivity index (χ1v) is 8.44. The topological polar surface area (TPSA) is 96.4 Å². The van der Waals surface area contributed by atoms with E-state index in [1.807, 2.05) is 6.07 Å². The van der Waals surface area contributed by atoms with Crippen molar-refractivity contribution >= 4 is 11.7 Å². The molecule has 1 aromatic carbocycles. The Morgan fingerprint density at radius 2 is 2.12 bits per heavy atom. The van der Waals surface area contributed by atoms with Gasteiger partial charge >= 0.3 is 0 Å². The van der Waals surface area contributed by atoms with Crippen molar-refractivity contribution in [1.82, 2.24) is 4.90 Å². The molecule has 1 atom stereocenters. The summed E-state index contributed by atoms with van der Waals surface area (Å²) >= 11 is 0. The highest BCUT2D eigenvalue weighted by Gasteiger charge is 2.62. The Bertz CT molecular complexity index is 967. The van der Waals surface area contributed by atoms with Gasteiger partial charge in [-0.2, -0.15) is 5.26 Å². The molecule has 6 nitrogen and oxygen atoms in total. The van der Waals surface area contributed by atoms with E-state index >= 15 is 0 Å². The SMILES string of the molecule is C=CCN1C(=O)[C@@]2(C(C#N)=C(N)Oc3ccccc32)C2=C1CCCC2=O. The van der Waals surface area contributed by atoms with Crippen LogP contribution < -0.4 is 10.5 Å². The number of fused-ring (bicyclic) bond motifs is 3. The van der Waals surface area contributed by atoms with Gasteiger partial charge in [0.15, 0.2) is 5.78 Å². The minimum Gasteiger partial charge on any atom is -0.440 e. The minimum absolute atomic E-state index is 0.0180. The molecule has 1 amide bonds. The Labute approximate surface area is 150 Å². The van der Waals surface area contributed by atoms with Crippen LogP contribution in [0.4, 0.5) is 0 Å². The number of allylic oxidation sites excluding steroid dienone is 1. The number of ketones is 1. The van der Waals surface area contributed by atoms with E-state index in [9.17, 15) is 14.9 Å². The van der Waals surface area contributed by atoms with Gasteiger partial charge in [0, 0.05) is 29.8 Å². The molecule has 0 saturated carbocycles. The smallest absolute Gasteiger partial charge is 0.247 e. The Hall–Kier alpha value is -3.33. The van der Waals surface area contributed by atoms with Crippen LogP contribution in [-0.2, 0) is 15.0 Å². The van der Waals surface area contributed by atoms with Gasteiger partial charge in [-0.25, -0.2) is 0 Å². The number of hydrogen-bond donors (Lipinski definition) is 1. The van der Waals surface area contributed by atoms with Crippen LogP contribution in [0.2, 0.25) is 0 Å². The first kappa shape index (κ1) is 16.2. The summed E-state index contributed by atoms with van der Waals surface area (Å²) in [5.41, 5.74) is 6.00. The van der Waals surface area contributed by atoms with E-state index in [-0.39, 0.29) is 29.7 Å². The number of hydrogen-bond acceptors (Lipinski definition) is 5. The molecule has 6 heteroatoms. The van der Waals surface area contributed by atoms with Gasteiger partial charge in [0.05, 0.1) is 0 Å². The normalized spacial score (nSPS) is 24.3. The zero-order valence-electron chi connectivity index (χ0n) is 14.1. The van der Waals surface area contributed by atoms with Crippen molar-refractivity contribution in [3.05, 3.63) is 65.2 Å². The van der Waals surface area contributed by atoms with Gasteiger partial charge in [-0.05, 0) is 18.9 Å². The number of nitrogens with zero attached hydrogens (tertiary/aromatic N) is 2. The van der Waals surface area contributed by atoms with Crippen molar-refractivity contribution in [1.29, 1.82) is 5.26 Å². The van der Waals surface area contributed by atoms with E-state index in [2.05, 4.69) is 6.58 Å². The first-order valence-electron chi connectivity index (χ1n) is 8.44. The van der Waals surface area contributed by atoms with Crippen molar-refractivity contribution in [3.8, 4) is 11.8 Å². The second kappa shape index (κ2) is 5.60. The number of carbonyl (C=O) groups excluding carboxylic acids is 2. The van der Waals surface area contributed by atoms with Crippen LogP contribution in [0.15, 0.2) is 59.6 Å². The lowest BCUT2D eigenvalue weighted by Gasteiger charge is -2.35. The van der Waals surface area contributed by atoms with Crippen LogP contribution in [0.1, 0.15) is 24.8 Å². The van der Waals surface area contributed by atoms with E-state index in [0.717, 1.165) is 0 Å². The predicted octanol–water partition coefficient (Wildman–Crippen LogP) is 2.05. The molecule has 0 unspecified atom stereocenters. The average Bonchev–Trinajstić information content (AvgIpc) is 2.87. The molecule has 2 N–H and O–H groups in total. The Kier molecular flexibility index (Phi) is 3.48. The minimum atomic E-state index is -1.52. The number of rotatable bonds is 2. The van der Waals surface area contributed by atoms with Crippen LogP contribution in [-0.4, -0.2) is 23.1 Å². The molecule has 1 aromatic rings. The van der Waals surface area contributed by atoms with Gasteiger partial charge < -0.3 is 15.4 Å². The number of nitrogens with two attached hydrogens (primary N) is 1.